The number of hydrogen-bond donors (Lipinski definition) is 3. The van der Waals surface area contributed by atoms with Crippen LogP contribution in [0.15, 0.2) is 0 Å². The van der Waals surface area contributed by atoms with Crippen LogP contribution in [0.3, 0.4) is 0 Å². The fourth-order valence-corrected chi connectivity index (χ4v) is 0.474. The highest BCUT2D eigenvalue weighted by atomic mass is 16.5. The SMILES string of the molecule is CCOC(=O)CCN.NCCC(=O)O. The summed E-state index contributed by atoms with van der Waals surface area (Å²) in [6.45, 7) is 2.82. The van der Waals surface area contributed by atoms with E-state index in [1.807, 2.05) is 0 Å². The molecule has 0 saturated carbocycles. The normalized spacial score (nSPS) is 8.50. The van der Waals surface area contributed by atoms with Crippen LogP contribution in [0.5, 0.6) is 0 Å². The van der Waals surface area contributed by atoms with Crippen LogP contribution in [0.1, 0.15) is 19.8 Å². The summed E-state index contributed by atoms with van der Waals surface area (Å²) < 4.78 is 4.56. The van der Waals surface area contributed by atoms with E-state index in [0.717, 1.165) is 0 Å². The summed E-state index contributed by atoms with van der Waals surface area (Å²) in [5.74, 6) is -1.05. The zero-order valence-corrected chi connectivity index (χ0v) is 8.36. The Morgan fingerprint density at radius 2 is 1.71 bits per heavy atom. The number of ether oxygens (including phenoxy) is 1. The molecule has 0 radical (unpaired) electrons. The molecule has 0 rings (SSSR count). The van der Waals surface area contributed by atoms with E-state index >= 15 is 0 Å². The summed E-state index contributed by atoms with van der Waals surface area (Å²) >= 11 is 0. The van der Waals surface area contributed by atoms with E-state index in [-0.39, 0.29) is 18.9 Å². The molecule has 0 bridgehead atoms. The van der Waals surface area contributed by atoms with Crippen LogP contribution in [0.25, 0.3) is 0 Å². The van der Waals surface area contributed by atoms with Gasteiger partial charge in [0.1, 0.15) is 0 Å². The van der Waals surface area contributed by atoms with E-state index in [4.69, 9.17) is 16.6 Å². The monoisotopic (exact) mass is 206 g/mol. The fraction of sp³-hybridized carbons (Fsp3) is 0.750. The van der Waals surface area contributed by atoms with Crippen molar-refractivity contribution >= 4 is 11.9 Å². The molecule has 0 aromatic rings. The van der Waals surface area contributed by atoms with Gasteiger partial charge >= 0.3 is 11.9 Å². The second-order valence-electron chi connectivity index (χ2n) is 2.28. The number of aliphatic carboxylic acids is 1. The van der Waals surface area contributed by atoms with E-state index in [1.165, 1.54) is 0 Å². The number of rotatable bonds is 5. The van der Waals surface area contributed by atoms with Gasteiger partial charge in [-0.1, -0.05) is 0 Å². The Bertz CT molecular complexity index is 153. The highest BCUT2D eigenvalue weighted by molar-refractivity contribution is 5.69. The second kappa shape index (κ2) is 11.9. The van der Waals surface area contributed by atoms with Gasteiger partial charge in [-0.15, -0.1) is 0 Å². The van der Waals surface area contributed by atoms with Crippen molar-refractivity contribution in [2.75, 3.05) is 19.7 Å². The average Bonchev–Trinajstić information content (AvgIpc) is 2.05. The number of esters is 1. The van der Waals surface area contributed by atoms with Gasteiger partial charge in [0.05, 0.1) is 19.4 Å². The Balaban J connectivity index is 0. The lowest BCUT2D eigenvalue weighted by Gasteiger charge is -1.96. The van der Waals surface area contributed by atoms with Crippen molar-refractivity contribution in [2.24, 2.45) is 11.5 Å². The van der Waals surface area contributed by atoms with Crippen LogP contribution >= 0.6 is 0 Å². The van der Waals surface area contributed by atoms with E-state index in [1.54, 1.807) is 6.92 Å². The van der Waals surface area contributed by atoms with Gasteiger partial charge in [-0.25, -0.2) is 0 Å². The van der Waals surface area contributed by atoms with Crippen LogP contribution in [-0.2, 0) is 14.3 Å². The highest BCUT2D eigenvalue weighted by Crippen LogP contribution is 1.80. The van der Waals surface area contributed by atoms with Crippen LogP contribution < -0.4 is 11.5 Å². The highest BCUT2D eigenvalue weighted by Gasteiger charge is 1.95. The quantitative estimate of drug-likeness (QED) is 0.513. The molecular weight excluding hydrogens is 188 g/mol. The topological polar surface area (TPSA) is 116 Å². The molecule has 0 aliphatic carbocycles. The smallest absolute Gasteiger partial charge is 0.307 e. The number of carbonyl (C=O) groups is 2. The van der Waals surface area contributed by atoms with Crippen LogP contribution in [-0.4, -0.2) is 36.7 Å². The van der Waals surface area contributed by atoms with Crippen LogP contribution in [0.4, 0.5) is 0 Å². The molecule has 0 saturated heterocycles. The molecular formula is C8H18N2O4. The molecule has 5 N–H and O–H groups in total. The summed E-state index contributed by atoms with van der Waals surface area (Å²) in [7, 11) is 0. The summed E-state index contributed by atoms with van der Waals surface area (Å²) in [5, 5.41) is 7.83. The average molecular weight is 206 g/mol. The molecule has 84 valence electrons. The zero-order valence-electron chi connectivity index (χ0n) is 8.36. The van der Waals surface area contributed by atoms with Gasteiger partial charge in [-0.2, -0.15) is 0 Å². The first-order valence-electron chi connectivity index (χ1n) is 4.36. The molecule has 14 heavy (non-hydrogen) atoms. The maximum absolute atomic E-state index is 10.3. The molecule has 0 heterocycles. The molecule has 0 aromatic heterocycles. The van der Waals surface area contributed by atoms with Gasteiger partial charge in [0, 0.05) is 13.1 Å². The molecule has 0 aliphatic rings. The van der Waals surface area contributed by atoms with Gasteiger partial charge in [0.2, 0.25) is 0 Å². The minimum Gasteiger partial charge on any atom is -0.481 e. The van der Waals surface area contributed by atoms with Crippen LogP contribution in [0.2, 0.25) is 0 Å². The molecule has 0 aromatic carbocycles. The summed E-state index contributed by atoms with van der Waals surface area (Å²) in [6.07, 6.45) is 0.397. The van der Waals surface area contributed by atoms with Crippen molar-refractivity contribution in [2.45, 2.75) is 19.8 Å². The minimum atomic E-state index is -0.836. The molecule has 0 aliphatic heterocycles. The number of carbonyl (C=O) groups excluding carboxylic acids is 1. The molecule has 6 heteroatoms. The molecule has 6 nitrogen and oxygen atoms in total. The van der Waals surface area contributed by atoms with Gasteiger partial charge in [-0.05, 0) is 6.92 Å². The first kappa shape index (κ1) is 15.3. The first-order valence-corrected chi connectivity index (χ1v) is 4.36. The zero-order chi connectivity index (χ0) is 11.4. The molecule has 0 unspecified atom stereocenters. The van der Waals surface area contributed by atoms with Gasteiger partial charge in [-0.3, -0.25) is 9.59 Å². The molecule has 0 atom stereocenters. The minimum absolute atomic E-state index is 0.0694. The third-order valence-electron chi connectivity index (χ3n) is 1.01. The Morgan fingerprint density at radius 3 is 1.93 bits per heavy atom. The van der Waals surface area contributed by atoms with Gasteiger partial charge < -0.3 is 21.3 Å². The summed E-state index contributed by atoms with van der Waals surface area (Å²) in [5.41, 5.74) is 9.91. The summed E-state index contributed by atoms with van der Waals surface area (Å²) in [6, 6.07) is 0. The predicted molar refractivity (Wildman–Crippen MR) is 51.6 cm³/mol. The fourth-order valence-electron chi connectivity index (χ4n) is 0.474. The summed E-state index contributed by atoms with van der Waals surface area (Å²) in [4.78, 5) is 19.9. The third-order valence-corrected chi connectivity index (χ3v) is 1.01. The Kier molecular flexibility index (Phi) is 13.0. The van der Waals surface area contributed by atoms with Crippen molar-refractivity contribution in [3.63, 3.8) is 0 Å². The predicted octanol–water partition coefficient (Wildman–Crippen LogP) is -0.682. The van der Waals surface area contributed by atoms with Crippen molar-refractivity contribution in [3.8, 4) is 0 Å². The number of nitrogens with two attached hydrogens (primary N) is 2. The Hall–Kier alpha value is -1.14. The van der Waals surface area contributed by atoms with E-state index in [2.05, 4.69) is 4.74 Å². The lowest BCUT2D eigenvalue weighted by Crippen LogP contribution is -2.10. The largest absolute Gasteiger partial charge is 0.481 e. The third kappa shape index (κ3) is 17.1. The van der Waals surface area contributed by atoms with E-state index in [9.17, 15) is 9.59 Å². The van der Waals surface area contributed by atoms with Crippen LogP contribution in [0, 0.1) is 0 Å². The maximum atomic E-state index is 10.3. The molecule has 0 amide bonds. The lowest BCUT2D eigenvalue weighted by molar-refractivity contribution is -0.143. The number of carboxylic acid groups (broad SMARTS) is 1. The van der Waals surface area contributed by atoms with Gasteiger partial charge in [0.15, 0.2) is 0 Å². The van der Waals surface area contributed by atoms with E-state index in [0.29, 0.717) is 19.6 Å². The van der Waals surface area contributed by atoms with Crippen molar-refractivity contribution in [1.29, 1.82) is 0 Å². The van der Waals surface area contributed by atoms with Gasteiger partial charge in [0.25, 0.3) is 0 Å². The second-order valence-corrected chi connectivity index (χ2v) is 2.28. The standard InChI is InChI=1S/C5H11NO2.C3H7NO2/c1-2-8-5(7)3-4-6;4-2-1-3(5)6/h2-4,6H2,1H3;1-2,4H2,(H,5,6). The van der Waals surface area contributed by atoms with Crippen molar-refractivity contribution in [3.05, 3.63) is 0 Å². The van der Waals surface area contributed by atoms with Crippen molar-refractivity contribution < 1.29 is 19.4 Å². The molecule has 0 spiro atoms. The van der Waals surface area contributed by atoms with Crippen molar-refractivity contribution in [1.82, 2.24) is 0 Å². The maximum Gasteiger partial charge on any atom is 0.307 e. The number of carboxylic acids is 1. The lowest BCUT2D eigenvalue weighted by atomic mass is 10.4. The van der Waals surface area contributed by atoms with E-state index < -0.39 is 5.97 Å². The first-order chi connectivity index (χ1) is 6.58. The molecule has 0 fully saturated rings. The Labute approximate surface area is 83.2 Å². The Morgan fingerprint density at radius 1 is 1.21 bits per heavy atom. The number of hydrogen-bond acceptors (Lipinski definition) is 5.